The first-order chi connectivity index (χ1) is 7.78. The van der Waals surface area contributed by atoms with Crippen LogP contribution in [0.4, 0.5) is 0 Å². The molecular weight excluding hydrogens is 194 g/mol. The van der Waals surface area contributed by atoms with Crippen LogP contribution < -0.4 is 5.32 Å². The van der Waals surface area contributed by atoms with Crippen molar-refractivity contribution < 1.29 is 0 Å². The Morgan fingerprint density at radius 1 is 1.00 bits per heavy atom. The lowest BCUT2D eigenvalue weighted by molar-refractivity contribution is 0.257. The van der Waals surface area contributed by atoms with Crippen LogP contribution in [0.1, 0.15) is 73.1 Å². The number of nitrogens with one attached hydrogen (secondary N) is 1. The fourth-order valence-electron chi connectivity index (χ4n) is 2.25. The van der Waals surface area contributed by atoms with Gasteiger partial charge in [-0.3, -0.25) is 0 Å². The van der Waals surface area contributed by atoms with Gasteiger partial charge in [0.1, 0.15) is 0 Å². The average Bonchev–Trinajstić information content (AvgIpc) is 2.33. The molecule has 0 aromatic heterocycles. The largest absolute Gasteiger partial charge is 0.319 e. The summed E-state index contributed by atoms with van der Waals surface area (Å²) in [6.45, 7) is 11.8. The van der Waals surface area contributed by atoms with E-state index in [1.165, 1.54) is 45.1 Å². The third kappa shape index (κ3) is 10.5. The van der Waals surface area contributed by atoms with E-state index < -0.39 is 0 Å². The Hall–Kier alpha value is -0.0400. The van der Waals surface area contributed by atoms with E-state index in [1.807, 2.05) is 13.8 Å². The predicted octanol–water partition coefficient (Wildman–Crippen LogP) is 4.86. The highest BCUT2D eigenvalue weighted by Gasteiger charge is 2.19. The summed E-state index contributed by atoms with van der Waals surface area (Å²) in [5.74, 6) is 2.00. The summed E-state index contributed by atoms with van der Waals surface area (Å²) in [4.78, 5) is 0. The molecule has 0 aromatic carbocycles. The lowest BCUT2D eigenvalue weighted by Gasteiger charge is -2.28. The van der Waals surface area contributed by atoms with E-state index in [1.54, 1.807) is 0 Å². The molecule has 0 saturated heterocycles. The molecule has 1 aliphatic rings. The van der Waals surface area contributed by atoms with Crippen molar-refractivity contribution in [2.75, 3.05) is 13.6 Å². The quantitative estimate of drug-likeness (QED) is 0.728. The first-order valence-corrected chi connectivity index (χ1v) is 7.42. The van der Waals surface area contributed by atoms with Gasteiger partial charge in [-0.05, 0) is 38.3 Å². The fourth-order valence-corrected chi connectivity index (χ4v) is 2.25. The summed E-state index contributed by atoms with van der Waals surface area (Å²) in [5.41, 5.74) is 0. The van der Waals surface area contributed by atoms with Gasteiger partial charge in [0.05, 0.1) is 0 Å². The second-order valence-electron chi connectivity index (χ2n) is 4.57. The first kappa shape index (κ1) is 18.3. The average molecular weight is 229 g/mol. The summed E-state index contributed by atoms with van der Waals surface area (Å²) in [6, 6.07) is 0. The van der Waals surface area contributed by atoms with E-state index in [4.69, 9.17) is 0 Å². The van der Waals surface area contributed by atoms with E-state index >= 15 is 0 Å². The van der Waals surface area contributed by atoms with Crippen LogP contribution in [0.15, 0.2) is 0 Å². The van der Waals surface area contributed by atoms with Crippen molar-refractivity contribution in [1.29, 1.82) is 0 Å². The molecule has 0 amide bonds. The highest BCUT2D eigenvalue weighted by Crippen LogP contribution is 2.30. The summed E-state index contributed by atoms with van der Waals surface area (Å²) < 4.78 is 0. The Morgan fingerprint density at radius 3 is 1.94 bits per heavy atom. The van der Waals surface area contributed by atoms with E-state index in [0.29, 0.717) is 0 Å². The van der Waals surface area contributed by atoms with Crippen LogP contribution in [-0.2, 0) is 0 Å². The SMILES string of the molecule is CC.CCC.CCC1CCCC(CNC)C1. The van der Waals surface area contributed by atoms with Crippen molar-refractivity contribution in [1.82, 2.24) is 5.32 Å². The first-order valence-electron chi connectivity index (χ1n) is 7.42. The molecular formula is C15H35N. The maximum absolute atomic E-state index is 3.28. The molecule has 2 unspecified atom stereocenters. The van der Waals surface area contributed by atoms with Crippen LogP contribution in [0.2, 0.25) is 0 Å². The van der Waals surface area contributed by atoms with Gasteiger partial charge < -0.3 is 5.32 Å². The van der Waals surface area contributed by atoms with Crippen LogP contribution in [0.5, 0.6) is 0 Å². The third-order valence-electron chi connectivity index (χ3n) is 2.96. The van der Waals surface area contributed by atoms with E-state index in [0.717, 1.165) is 11.8 Å². The molecule has 1 nitrogen and oxygen atoms in total. The van der Waals surface area contributed by atoms with Crippen molar-refractivity contribution in [3.05, 3.63) is 0 Å². The smallest absolute Gasteiger partial charge is 0.00234 e. The van der Waals surface area contributed by atoms with Crippen molar-refractivity contribution in [3.8, 4) is 0 Å². The molecule has 1 heteroatoms. The molecule has 0 aliphatic heterocycles. The zero-order valence-corrected chi connectivity index (χ0v) is 12.6. The maximum Gasteiger partial charge on any atom is -0.00234 e. The van der Waals surface area contributed by atoms with E-state index in [9.17, 15) is 0 Å². The highest BCUT2D eigenvalue weighted by atomic mass is 14.8. The number of hydrogen-bond donors (Lipinski definition) is 1. The zero-order chi connectivity index (χ0) is 12.8. The Labute approximate surface area is 104 Å². The van der Waals surface area contributed by atoms with Gasteiger partial charge in [0, 0.05) is 0 Å². The van der Waals surface area contributed by atoms with Crippen molar-refractivity contribution in [3.63, 3.8) is 0 Å². The van der Waals surface area contributed by atoms with Gasteiger partial charge in [-0.15, -0.1) is 0 Å². The standard InChI is InChI=1S/C10H21N.C3H8.C2H6/c1-3-9-5-4-6-10(7-9)8-11-2;1-3-2;1-2/h9-11H,3-8H2,1-2H3;3H2,1-2H3;1-2H3. The minimum absolute atomic E-state index is 0.971. The predicted molar refractivity (Wildman–Crippen MR) is 77.0 cm³/mol. The van der Waals surface area contributed by atoms with Crippen LogP contribution in [0.25, 0.3) is 0 Å². The monoisotopic (exact) mass is 229 g/mol. The maximum atomic E-state index is 3.28. The molecule has 1 saturated carbocycles. The van der Waals surface area contributed by atoms with Gasteiger partial charge in [-0.25, -0.2) is 0 Å². The summed E-state index contributed by atoms with van der Waals surface area (Å²) in [6.07, 6.45) is 8.51. The Kier molecular flexibility index (Phi) is 17.1. The third-order valence-corrected chi connectivity index (χ3v) is 2.96. The van der Waals surface area contributed by atoms with Crippen LogP contribution in [-0.4, -0.2) is 13.6 Å². The van der Waals surface area contributed by atoms with Crippen LogP contribution in [0.3, 0.4) is 0 Å². The lowest BCUT2D eigenvalue weighted by Crippen LogP contribution is -2.24. The van der Waals surface area contributed by atoms with Gasteiger partial charge in [0.15, 0.2) is 0 Å². The second-order valence-corrected chi connectivity index (χ2v) is 4.57. The summed E-state index contributed by atoms with van der Waals surface area (Å²) in [5, 5.41) is 3.28. The van der Waals surface area contributed by atoms with Crippen LogP contribution >= 0.6 is 0 Å². The molecule has 0 aromatic rings. The van der Waals surface area contributed by atoms with Gasteiger partial charge in [-0.2, -0.15) is 0 Å². The second kappa shape index (κ2) is 15.0. The molecule has 1 rings (SSSR count). The summed E-state index contributed by atoms with van der Waals surface area (Å²) >= 11 is 0. The minimum atomic E-state index is 0.971. The van der Waals surface area contributed by atoms with Gasteiger partial charge in [0.25, 0.3) is 0 Å². The van der Waals surface area contributed by atoms with Gasteiger partial charge in [-0.1, -0.05) is 60.3 Å². The van der Waals surface area contributed by atoms with E-state index in [-0.39, 0.29) is 0 Å². The zero-order valence-electron chi connectivity index (χ0n) is 12.6. The molecule has 1 N–H and O–H groups in total. The lowest BCUT2D eigenvalue weighted by atomic mass is 9.80. The highest BCUT2D eigenvalue weighted by molar-refractivity contribution is 4.73. The van der Waals surface area contributed by atoms with E-state index in [2.05, 4.69) is 33.1 Å². The van der Waals surface area contributed by atoms with Gasteiger partial charge >= 0.3 is 0 Å². The Bertz CT molecular complexity index is 110. The molecule has 2 atom stereocenters. The number of rotatable bonds is 3. The molecule has 1 fully saturated rings. The van der Waals surface area contributed by atoms with Gasteiger partial charge in [0.2, 0.25) is 0 Å². The van der Waals surface area contributed by atoms with Crippen molar-refractivity contribution in [2.45, 2.75) is 73.1 Å². The molecule has 1 aliphatic carbocycles. The molecule has 0 spiro atoms. The Morgan fingerprint density at radius 2 is 1.50 bits per heavy atom. The summed E-state index contributed by atoms with van der Waals surface area (Å²) in [7, 11) is 2.07. The molecule has 0 radical (unpaired) electrons. The number of hydrogen-bond acceptors (Lipinski definition) is 1. The molecule has 100 valence electrons. The van der Waals surface area contributed by atoms with Crippen molar-refractivity contribution in [2.24, 2.45) is 11.8 Å². The van der Waals surface area contributed by atoms with Crippen molar-refractivity contribution >= 4 is 0 Å². The molecule has 0 heterocycles. The molecule has 0 bridgehead atoms. The normalized spacial score (nSPS) is 23.6. The topological polar surface area (TPSA) is 12.0 Å². The van der Waals surface area contributed by atoms with Crippen LogP contribution in [0, 0.1) is 11.8 Å². The fraction of sp³-hybridized carbons (Fsp3) is 1.00. The Balaban J connectivity index is 0. The minimum Gasteiger partial charge on any atom is -0.319 e. The molecule has 16 heavy (non-hydrogen) atoms.